The minimum atomic E-state index is -3.26. The lowest BCUT2D eigenvalue weighted by atomic mass is 9.93. The summed E-state index contributed by atoms with van der Waals surface area (Å²) in [6.45, 7) is 7.13. The minimum absolute atomic E-state index is 0.170. The van der Waals surface area contributed by atoms with Gasteiger partial charge in [-0.1, -0.05) is 25.1 Å². The largest absolute Gasteiger partial charge is 0.507 e. The van der Waals surface area contributed by atoms with Crippen LogP contribution in [0.3, 0.4) is 0 Å². The Morgan fingerprint density at radius 2 is 1.65 bits per heavy atom. The van der Waals surface area contributed by atoms with Crippen LogP contribution in [0, 0.1) is 5.92 Å². The number of hydrogen-bond acceptors (Lipinski definition) is 3. The third kappa shape index (κ3) is 2.71. The van der Waals surface area contributed by atoms with Crippen molar-refractivity contribution < 1.29 is 13.5 Å². The summed E-state index contributed by atoms with van der Waals surface area (Å²) < 4.78 is 24.6. The average Bonchev–Trinajstić information content (AvgIpc) is 3.21. The molecule has 0 spiro atoms. The second-order valence-electron chi connectivity index (χ2n) is 6.19. The molecule has 0 radical (unpaired) electrons. The third-order valence-corrected chi connectivity index (χ3v) is 7.06. The highest BCUT2D eigenvalue weighted by molar-refractivity contribution is 7.92. The van der Waals surface area contributed by atoms with E-state index >= 15 is 0 Å². The van der Waals surface area contributed by atoms with Crippen molar-refractivity contribution in [1.29, 1.82) is 0 Å². The molecule has 0 unspecified atom stereocenters. The lowest BCUT2D eigenvalue weighted by Crippen LogP contribution is -2.20. The maximum absolute atomic E-state index is 12.3. The van der Waals surface area contributed by atoms with E-state index in [-0.39, 0.29) is 5.75 Å². The maximum Gasteiger partial charge on any atom is 0.159 e. The van der Waals surface area contributed by atoms with Crippen molar-refractivity contribution in [2.75, 3.05) is 0 Å². The van der Waals surface area contributed by atoms with E-state index in [1.807, 2.05) is 12.1 Å². The van der Waals surface area contributed by atoms with Crippen LogP contribution < -0.4 is 0 Å². The first-order valence-electron chi connectivity index (χ1n) is 7.31. The monoisotopic (exact) mass is 296 g/mol. The molecule has 1 aliphatic carbocycles. The van der Waals surface area contributed by atoms with E-state index in [9.17, 15) is 13.5 Å². The van der Waals surface area contributed by atoms with Gasteiger partial charge in [0.1, 0.15) is 5.75 Å². The fourth-order valence-electron chi connectivity index (χ4n) is 2.71. The number of rotatable bonds is 5. The Morgan fingerprint density at radius 3 is 2.15 bits per heavy atom. The first-order chi connectivity index (χ1) is 9.26. The van der Waals surface area contributed by atoms with Crippen LogP contribution in [0.25, 0.3) is 0 Å². The lowest BCUT2D eigenvalue weighted by molar-refractivity contribution is 0.450. The minimum Gasteiger partial charge on any atom is -0.507 e. The van der Waals surface area contributed by atoms with E-state index in [1.54, 1.807) is 26.8 Å². The SMILES string of the molecule is CC(C)S(=O)(=O)[C@@H](C)c1cccc([C@H](C)C2CC2)c1O. The Balaban J connectivity index is 2.40. The fraction of sp³-hybridized carbons (Fsp3) is 0.625. The molecule has 1 aromatic carbocycles. The summed E-state index contributed by atoms with van der Waals surface area (Å²) in [6.07, 6.45) is 2.40. The van der Waals surface area contributed by atoms with Gasteiger partial charge in [-0.05, 0) is 51.0 Å². The normalized spacial score (nSPS) is 19.1. The first kappa shape index (κ1) is 15.4. The van der Waals surface area contributed by atoms with Gasteiger partial charge in [-0.2, -0.15) is 0 Å². The van der Waals surface area contributed by atoms with Crippen LogP contribution in [-0.4, -0.2) is 18.8 Å². The summed E-state index contributed by atoms with van der Waals surface area (Å²) in [5.41, 5.74) is 1.42. The van der Waals surface area contributed by atoms with Gasteiger partial charge in [0, 0.05) is 5.56 Å². The van der Waals surface area contributed by atoms with Gasteiger partial charge in [0.05, 0.1) is 10.5 Å². The number of aromatic hydroxyl groups is 1. The summed E-state index contributed by atoms with van der Waals surface area (Å²) >= 11 is 0. The van der Waals surface area contributed by atoms with Crippen LogP contribution in [0.1, 0.15) is 62.8 Å². The van der Waals surface area contributed by atoms with Crippen molar-refractivity contribution >= 4 is 9.84 Å². The molecule has 1 fully saturated rings. The summed E-state index contributed by atoms with van der Waals surface area (Å²) in [4.78, 5) is 0. The van der Waals surface area contributed by atoms with Gasteiger partial charge >= 0.3 is 0 Å². The second-order valence-corrected chi connectivity index (χ2v) is 9.02. The van der Waals surface area contributed by atoms with E-state index in [4.69, 9.17) is 0 Å². The van der Waals surface area contributed by atoms with Crippen molar-refractivity contribution in [2.45, 2.75) is 57.0 Å². The summed E-state index contributed by atoms with van der Waals surface area (Å²) in [5.74, 6) is 1.10. The Kier molecular flexibility index (Phi) is 4.14. The molecule has 0 amide bonds. The predicted molar refractivity (Wildman–Crippen MR) is 81.7 cm³/mol. The number of phenolic OH excluding ortho intramolecular Hbond substituents is 1. The molecule has 1 saturated carbocycles. The van der Waals surface area contributed by atoms with Crippen LogP contribution in [-0.2, 0) is 9.84 Å². The molecule has 1 aromatic rings. The van der Waals surface area contributed by atoms with Gasteiger partial charge in [-0.15, -0.1) is 0 Å². The molecule has 0 aromatic heterocycles. The zero-order valence-corrected chi connectivity index (χ0v) is 13.4. The van der Waals surface area contributed by atoms with Crippen molar-refractivity contribution in [1.82, 2.24) is 0 Å². The Labute approximate surface area is 121 Å². The molecule has 0 heterocycles. The molecule has 0 bridgehead atoms. The predicted octanol–water partition coefficient (Wildman–Crippen LogP) is 3.79. The van der Waals surface area contributed by atoms with Crippen LogP contribution >= 0.6 is 0 Å². The van der Waals surface area contributed by atoms with Gasteiger partial charge in [-0.25, -0.2) is 8.42 Å². The van der Waals surface area contributed by atoms with Gasteiger partial charge in [-0.3, -0.25) is 0 Å². The van der Waals surface area contributed by atoms with E-state index < -0.39 is 20.3 Å². The Bertz CT molecular complexity index is 586. The average molecular weight is 296 g/mol. The number of para-hydroxylation sites is 1. The lowest BCUT2D eigenvalue weighted by Gasteiger charge is -2.20. The maximum atomic E-state index is 12.3. The summed E-state index contributed by atoms with van der Waals surface area (Å²) in [7, 11) is -3.26. The van der Waals surface area contributed by atoms with Gasteiger partial charge < -0.3 is 5.11 Å². The Hall–Kier alpha value is -1.03. The zero-order chi connectivity index (χ0) is 15.1. The molecule has 4 heteroatoms. The van der Waals surface area contributed by atoms with Crippen molar-refractivity contribution in [2.24, 2.45) is 5.92 Å². The Morgan fingerprint density at radius 1 is 1.10 bits per heavy atom. The standard InChI is InChI=1S/C16H24O3S/c1-10(2)20(18,19)12(4)15-7-5-6-14(16(15)17)11(3)13-8-9-13/h5-7,10-13,17H,8-9H2,1-4H3/t11-,12+/m1/s1. The molecular formula is C16H24O3S. The van der Waals surface area contributed by atoms with Crippen LogP contribution in [0.4, 0.5) is 0 Å². The zero-order valence-electron chi connectivity index (χ0n) is 12.6. The summed E-state index contributed by atoms with van der Waals surface area (Å²) in [5, 5.41) is 9.37. The van der Waals surface area contributed by atoms with Crippen molar-refractivity contribution in [3.63, 3.8) is 0 Å². The van der Waals surface area contributed by atoms with E-state index in [2.05, 4.69) is 6.92 Å². The quantitative estimate of drug-likeness (QED) is 0.899. The van der Waals surface area contributed by atoms with Crippen molar-refractivity contribution in [3.8, 4) is 5.75 Å². The number of sulfone groups is 1. The second kappa shape index (κ2) is 5.40. The molecule has 0 aliphatic heterocycles. The van der Waals surface area contributed by atoms with Crippen molar-refractivity contribution in [3.05, 3.63) is 29.3 Å². The number of hydrogen-bond donors (Lipinski definition) is 1. The molecule has 2 atom stereocenters. The number of benzene rings is 1. The van der Waals surface area contributed by atoms with Crippen LogP contribution in [0.2, 0.25) is 0 Å². The molecule has 3 nitrogen and oxygen atoms in total. The number of phenols is 1. The first-order valence-corrected chi connectivity index (χ1v) is 8.92. The highest BCUT2D eigenvalue weighted by atomic mass is 32.2. The molecule has 20 heavy (non-hydrogen) atoms. The molecular weight excluding hydrogens is 272 g/mol. The third-order valence-electron chi connectivity index (χ3n) is 4.51. The van der Waals surface area contributed by atoms with Gasteiger partial charge in [0.25, 0.3) is 0 Å². The van der Waals surface area contributed by atoms with E-state index in [1.165, 1.54) is 12.8 Å². The molecule has 1 N–H and O–H groups in total. The van der Waals surface area contributed by atoms with Gasteiger partial charge in [0.2, 0.25) is 0 Å². The molecule has 1 aliphatic rings. The highest BCUT2D eigenvalue weighted by Crippen LogP contribution is 2.46. The fourth-order valence-corrected chi connectivity index (χ4v) is 4.07. The smallest absolute Gasteiger partial charge is 0.159 e. The van der Waals surface area contributed by atoms with Crippen LogP contribution in [0.15, 0.2) is 18.2 Å². The molecule has 112 valence electrons. The van der Waals surface area contributed by atoms with E-state index in [0.717, 1.165) is 5.56 Å². The van der Waals surface area contributed by atoms with Crippen LogP contribution in [0.5, 0.6) is 5.75 Å². The van der Waals surface area contributed by atoms with E-state index in [0.29, 0.717) is 17.4 Å². The molecule has 0 saturated heterocycles. The van der Waals surface area contributed by atoms with Gasteiger partial charge in [0.15, 0.2) is 9.84 Å². The highest BCUT2D eigenvalue weighted by Gasteiger charge is 2.33. The topological polar surface area (TPSA) is 54.4 Å². The molecule has 2 rings (SSSR count). The summed E-state index contributed by atoms with van der Waals surface area (Å²) in [6, 6.07) is 5.50.